The van der Waals surface area contributed by atoms with E-state index in [-0.39, 0.29) is 0 Å². The van der Waals surface area contributed by atoms with E-state index in [1.807, 2.05) is 54.6 Å². The van der Waals surface area contributed by atoms with Crippen molar-refractivity contribution in [1.29, 1.82) is 0 Å². The summed E-state index contributed by atoms with van der Waals surface area (Å²) < 4.78 is 5.62. The van der Waals surface area contributed by atoms with Crippen LogP contribution in [-0.4, -0.2) is 6.29 Å². The summed E-state index contributed by atoms with van der Waals surface area (Å²) >= 11 is 0. The average Bonchev–Trinajstić information content (AvgIpc) is 3.03. The van der Waals surface area contributed by atoms with Crippen molar-refractivity contribution < 1.29 is 9.21 Å². The van der Waals surface area contributed by atoms with Crippen LogP contribution in [0.2, 0.25) is 0 Å². The van der Waals surface area contributed by atoms with Crippen molar-refractivity contribution in [3.8, 4) is 0 Å². The van der Waals surface area contributed by atoms with E-state index in [0.717, 1.165) is 22.7 Å². The molecule has 2 aromatic carbocycles. The molecule has 0 radical (unpaired) electrons. The normalized spacial score (nSPS) is 12.0. The van der Waals surface area contributed by atoms with Crippen LogP contribution in [0.3, 0.4) is 0 Å². The molecule has 0 saturated carbocycles. The van der Waals surface area contributed by atoms with E-state index in [4.69, 9.17) is 4.42 Å². The van der Waals surface area contributed by atoms with Crippen molar-refractivity contribution in [2.75, 3.05) is 0 Å². The Labute approximate surface area is 118 Å². The lowest BCUT2D eigenvalue weighted by molar-refractivity contribution is 0.112. The van der Waals surface area contributed by atoms with Crippen LogP contribution in [-0.2, 0) is 0 Å². The first kappa shape index (κ1) is 12.8. The molecule has 3 heteroatoms. The van der Waals surface area contributed by atoms with Gasteiger partial charge in [0.1, 0.15) is 5.50 Å². The highest BCUT2D eigenvalue weighted by atomic mass is 31.1. The van der Waals surface area contributed by atoms with Gasteiger partial charge in [-0.3, -0.25) is 4.79 Å². The van der Waals surface area contributed by atoms with Gasteiger partial charge in [0, 0.05) is 13.5 Å². The molecule has 0 aliphatic heterocycles. The van der Waals surface area contributed by atoms with Crippen molar-refractivity contribution in [2.45, 2.75) is 0 Å². The van der Waals surface area contributed by atoms with Crippen LogP contribution in [0.5, 0.6) is 0 Å². The van der Waals surface area contributed by atoms with Gasteiger partial charge in [-0.2, -0.15) is 0 Å². The lowest BCUT2D eigenvalue weighted by Gasteiger charge is -2.17. The Balaban J connectivity index is 2.18. The van der Waals surface area contributed by atoms with Gasteiger partial charge in [0.25, 0.3) is 0 Å². The smallest absolute Gasteiger partial charge is 0.150 e. The highest BCUT2D eigenvalue weighted by molar-refractivity contribution is 7.79. The fraction of sp³-hybridized carbons (Fsp3) is 0. The first-order valence-corrected chi connectivity index (χ1v) is 7.67. The van der Waals surface area contributed by atoms with Gasteiger partial charge in [-0.15, -0.1) is 0 Å². The molecule has 20 heavy (non-hydrogen) atoms. The molecule has 0 fully saturated rings. The Hall–Kier alpha value is -2.18. The first-order chi connectivity index (χ1) is 9.90. The van der Waals surface area contributed by atoms with Crippen LogP contribution >= 0.6 is 7.92 Å². The molecule has 0 amide bonds. The number of hydrogen-bond acceptors (Lipinski definition) is 2. The number of benzene rings is 2. The fourth-order valence-electron chi connectivity index (χ4n) is 2.15. The van der Waals surface area contributed by atoms with E-state index < -0.39 is 7.92 Å². The standard InChI is InChI=1S/C17H13O2P/c18-13-14-7-4-5-10-16(14)20(17-11-6-12-19-17)15-8-2-1-3-9-15/h1-13H. The van der Waals surface area contributed by atoms with Crippen molar-refractivity contribution >= 4 is 30.3 Å². The van der Waals surface area contributed by atoms with Gasteiger partial charge in [-0.05, 0) is 22.7 Å². The summed E-state index contributed by atoms with van der Waals surface area (Å²) in [5.74, 6) is 0. The highest BCUT2D eigenvalue weighted by Crippen LogP contribution is 2.33. The Bertz CT molecular complexity index is 690. The molecule has 0 spiro atoms. The predicted octanol–water partition coefficient (Wildman–Crippen LogP) is 2.85. The van der Waals surface area contributed by atoms with Crippen LogP contribution in [0.4, 0.5) is 0 Å². The zero-order chi connectivity index (χ0) is 13.8. The minimum absolute atomic E-state index is 0.721. The minimum Gasteiger partial charge on any atom is -0.464 e. The van der Waals surface area contributed by atoms with Crippen LogP contribution < -0.4 is 16.1 Å². The maximum atomic E-state index is 11.3. The summed E-state index contributed by atoms with van der Waals surface area (Å²) in [6.45, 7) is 0. The third-order valence-electron chi connectivity index (χ3n) is 3.05. The maximum Gasteiger partial charge on any atom is 0.150 e. The van der Waals surface area contributed by atoms with E-state index in [9.17, 15) is 4.79 Å². The molecule has 3 aromatic rings. The van der Waals surface area contributed by atoms with Crippen LogP contribution in [0.15, 0.2) is 77.4 Å². The molecule has 2 nitrogen and oxygen atoms in total. The van der Waals surface area contributed by atoms with E-state index in [1.54, 1.807) is 6.26 Å². The van der Waals surface area contributed by atoms with Gasteiger partial charge in [0.15, 0.2) is 6.29 Å². The Morgan fingerprint density at radius 3 is 2.30 bits per heavy atom. The Morgan fingerprint density at radius 1 is 0.850 bits per heavy atom. The highest BCUT2D eigenvalue weighted by Gasteiger charge is 2.21. The average molecular weight is 280 g/mol. The predicted molar refractivity (Wildman–Crippen MR) is 82.8 cm³/mol. The second-order valence-corrected chi connectivity index (χ2v) is 6.41. The van der Waals surface area contributed by atoms with E-state index in [0.29, 0.717) is 0 Å². The Kier molecular flexibility index (Phi) is 3.76. The summed E-state index contributed by atoms with van der Waals surface area (Å²) in [5, 5.41) is 2.20. The molecule has 1 atom stereocenters. The number of rotatable bonds is 4. The lowest BCUT2D eigenvalue weighted by atomic mass is 10.2. The second-order valence-electron chi connectivity index (χ2n) is 4.30. The quantitative estimate of drug-likeness (QED) is 0.543. The molecule has 1 unspecified atom stereocenters. The minimum atomic E-state index is -0.833. The molecular weight excluding hydrogens is 267 g/mol. The van der Waals surface area contributed by atoms with Gasteiger partial charge in [0.2, 0.25) is 0 Å². The van der Waals surface area contributed by atoms with E-state index >= 15 is 0 Å². The van der Waals surface area contributed by atoms with Crippen molar-refractivity contribution in [1.82, 2.24) is 0 Å². The SMILES string of the molecule is O=Cc1ccccc1P(c1ccccc1)c1ccco1. The summed E-state index contributed by atoms with van der Waals surface area (Å²) in [7, 11) is -0.833. The van der Waals surface area contributed by atoms with Gasteiger partial charge in [-0.1, -0.05) is 54.6 Å². The second kappa shape index (κ2) is 5.85. The zero-order valence-corrected chi connectivity index (χ0v) is 11.7. The summed E-state index contributed by atoms with van der Waals surface area (Å²) in [4.78, 5) is 11.3. The van der Waals surface area contributed by atoms with Gasteiger partial charge in [-0.25, -0.2) is 0 Å². The molecule has 1 aromatic heterocycles. The first-order valence-electron chi connectivity index (χ1n) is 6.33. The lowest BCUT2D eigenvalue weighted by Crippen LogP contribution is -2.22. The summed E-state index contributed by atoms with van der Waals surface area (Å²) in [5.41, 5.74) is 1.62. The van der Waals surface area contributed by atoms with E-state index in [1.165, 1.54) is 5.30 Å². The number of carbonyl (C=O) groups is 1. The molecule has 0 bridgehead atoms. The topological polar surface area (TPSA) is 30.2 Å². The number of furan rings is 1. The third kappa shape index (κ3) is 2.43. The Morgan fingerprint density at radius 2 is 1.60 bits per heavy atom. The largest absolute Gasteiger partial charge is 0.464 e. The zero-order valence-electron chi connectivity index (χ0n) is 10.8. The van der Waals surface area contributed by atoms with E-state index in [2.05, 4.69) is 12.1 Å². The van der Waals surface area contributed by atoms with Crippen molar-refractivity contribution in [2.24, 2.45) is 0 Å². The van der Waals surface area contributed by atoms with Crippen molar-refractivity contribution in [3.05, 3.63) is 78.6 Å². The van der Waals surface area contributed by atoms with Gasteiger partial charge < -0.3 is 4.42 Å². The van der Waals surface area contributed by atoms with Gasteiger partial charge in [0.05, 0.1) is 6.26 Å². The van der Waals surface area contributed by atoms with Crippen LogP contribution in [0.1, 0.15) is 10.4 Å². The third-order valence-corrected chi connectivity index (χ3v) is 5.44. The molecule has 0 aliphatic rings. The number of carbonyl (C=O) groups excluding carboxylic acids is 1. The fourth-order valence-corrected chi connectivity index (χ4v) is 4.41. The monoisotopic (exact) mass is 280 g/mol. The summed E-state index contributed by atoms with van der Waals surface area (Å²) in [6.07, 6.45) is 2.59. The molecule has 98 valence electrons. The molecule has 1 heterocycles. The molecule has 0 saturated heterocycles. The maximum absolute atomic E-state index is 11.3. The van der Waals surface area contributed by atoms with Crippen molar-refractivity contribution in [3.63, 3.8) is 0 Å². The van der Waals surface area contributed by atoms with Gasteiger partial charge >= 0.3 is 0 Å². The molecule has 0 N–H and O–H groups in total. The number of hydrogen-bond donors (Lipinski definition) is 0. The molecule has 0 aliphatic carbocycles. The number of aldehydes is 1. The molecule has 3 rings (SSSR count). The van der Waals surface area contributed by atoms with Crippen LogP contribution in [0, 0.1) is 0 Å². The summed E-state index contributed by atoms with van der Waals surface area (Å²) in [6, 6.07) is 21.7. The molecular formula is C17H13O2P. The van der Waals surface area contributed by atoms with Crippen LogP contribution in [0.25, 0.3) is 0 Å².